The van der Waals surface area contributed by atoms with Crippen molar-refractivity contribution in [3.05, 3.63) is 33.8 Å². The second-order valence-corrected chi connectivity index (χ2v) is 9.08. The van der Waals surface area contributed by atoms with Crippen molar-refractivity contribution < 1.29 is 14.3 Å². The molecular formula is C22H31Cl2N3O3. The van der Waals surface area contributed by atoms with Crippen molar-refractivity contribution in [2.75, 3.05) is 39.3 Å². The number of hydrogen-bond donors (Lipinski definition) is 1. The Morgan fingerprint density at radius 2 is 1.93 bits per heavy atom. The molecule has 2 fully saturated rings. The highest BCUT2D eigenvalue weighted by molar-refractivity contribution is 6.42. The van der Waals surface area contributed by atoms with E-state index in [0.717, 1.165) is 57.5 Å². The lowest BCUT2D eigenvalue weighted by atomic mass is 9.92. The third-order valence-electron chi connectivity index (χ3n) is 5.98. The van der Waals surface area contributed by atoms with Crippen LogP contribution in [0.2, 0.25) is 10.0 Å². The molecule has 2 aliphatic rings. The van der Waals surface area contributed by atoms with Crippen molar-refractivity contribution in [3.63, 3.8) is 0 Å². The zero-order chi connectivity index (χ0) is 21.5. The minimum Gasteiger partial charge on any atom is -0.374 e. The van der Waals surface area contributed by atoms with E-state index in [1.165, 1.54) is 0 Å². The average molecular weight is 456 g/mol. The van der Waals surface area contributed by atoms with Crippen LogP contribution in [0.3, 0.4) is 0 Å². The number of benzene rings is 1. The largest absolute Gasteiger partial charge is 0.374 e. The lowest BCUT2D eigenvalue weighted by Gasteiger charge is -2.33. The number of rotatable bonds is 7. The fraction of sp³-hybridized carbons (Fsp3) is 0.636. The minimum absolute atomic E-state index is 0.00993. The first-order valence-corrected chi connectivity index (χ1v) is 11.5. The first-order valence-electron chi connectivity index (χ1n) is 10.7. The normalized spacial score (nSPS) is 20.9. The summed E-state index contributed by atoms with van der Waals surface area (Å²) < 4.78 is 5.83. The van der Waals surface area contributed by atoms with Gasteiger partial charge in [-0.15, -0.1) is 0 Å². The number of amides is 2. The van der Waals surface area contributed by atoms with E-state index in [2.05, 4.69) is 10.2 Å². The third kappa shape index (κ3) is 7.12. The molecule has 1 aromatic carbocycles. The van der Waals surface area contributed by atoms with Gasteiger partial charge in [-0.2, -0.15) is 0 Å². The summed E-state index contributed by atoms with van der Waals surface area (Å²) in [5, 5.41) is 4.16. The number of halogens is 2. The fourth-order valence-corrected chi connectivity index (χ4v) is 4.45. The number of nitrogens with zero attached hydrogens (tertiary/aromatic N) is 2. The molecule has 0 unspecified atom stereocenters. The Bertz CT molecular complexity index is 738. The highest BCUT2D eigenvalue weighted by Gasteiger charge is 2.23. The van der Waals surface area contributed by atoms with Gasteiger partial charge in [0.1, 0.15) is 0 Å². The Morgan fingerprint density at radius 1 is 1.17 bits per heavy atom. The van der Waals surface area contributed by atoms with E-state index in [0.29, 0.717) is 35.5 Å². The Balaban J connectivity index is 1.34. The van der Waals surface area contributed by atoms with Crippen LogP contribution in [0.25, 0.3) is 0 Å². The van der Waals surface area contributed by atoms with Crippen molar-refractivity contribution in [2.45, 2.75) is 45.3 Å². The van der Waals surface area contributed by atoms with Crippen LogP contribution in [0.1, 0.15) is 38.2 Å². The molecular weight excluding hydrogens is 425 g/mol. The zero-order valence-electron chi connectivity index (χ0n) is 17.5. The van der Waals surface area contributed by atoms with Gasteiger partial charge in [-0.1, -0.05) is 29.3 Å². The van der Waals surface area contributed by atoms with Gasteiger partial charge in [0.15, 0.2) is 0 Å². The van der Waals surface area contributed by atoms with Gasteiger partial charge in [-0.05, 0) is 42.9 Å². The number of morpholine rings is 1. The lowest BCUT2D eigenvalue weighted by Crippen LogP contribution is -2.47. The Morgan fingerprint density at radius 3 is 2.63 bits per heavy atom. The first-order chi connectivity index (χ1) is 14.4. The van der Waals surface area contributed by atoms with Gasteiger partial charge < -0.3 is 15.0 Å². The predicted molar refractivity (Wildman–Crippen MR) is 119 cm³/mol. The van der Waals surface area contributed by atoms with Crippen molar-refractivity contribution >= 4 is 35.0 Å². The molecule has 30 heavy (non-hydrogen) atoms. The van der Waals surface area contributed by atoms with Crippen LogP contribution < -0.4 is 5.32 Å². The van der Waals surface area contributed by atoms with E-state index in [-0.39, 0.29) is 17.9 Å². The molecule has 2 aliphatic heterocycles. The molecule has 2 heterocycles. The number of ether oxygens (including phenoxy) is 1. The van der Waals surface area contributed by atoms with Crippen LogP contribution in [0, 0.1) is 5.92 Å². The van der Waals surface area contributed by atoms with Crippen molar-refractivity contribution in [1.29, 1.82) is 0 Å². The van der Waals surface area contributed by atoms with Crippen LogP contribution in [0.4, 0.5) is 0 Å². The van der Waals surface area contributed by atoms with Crippen molar-refractivity contribution in [3.8, 4) is 0 Å². The summed E-state index contributed by atoms with van der Waals surface area (Å²) in [6.45, 7) is 6.82. The number of carbonyl (C=O) groups excluding carboxylic acids is 2. The number of carbonyl (C=O) groups is 2. The molecule has 2 amide bonds. The second-order valence-electron chi connectivity index (χ2n) is 8.27. The number of likely N-dealkylation sites (tertiary alicyclic amines) is 1. The van der Waals surface area contributed by atoms with Gasteiger partial charge in [-0.25, -0.2) is 0 Å². The molecule has 1 N–H and O–H groups in total. The van der Waals surface area contributed by atoms with E-state index in [9.17, 15) is 9.59 Å². The van der Waals surface area contributed by atoms with Gasteiger partial charge in [0.05, 0.1) is 22.8 Å². The summed E-state index contributed by atoms with van der Waals surface area (Å²) in [5.41, 5.74) is 1.12. The van der Waals surface area contributed by atoms with Gasteiger partial charge in [0, 0.05) is 52.6 Å². The zero-order valence-corrected chi connectivity index (χ0v) is 19.1. The molecule has 1 aromatic rings. The van der Waals surface area contributed by atoms with Gasteiger partial charge in [0.25, 0.3) is 0 Å². The third-order valence-corrected chi connectivity index (χ3v) is 6.72. The summed E-state index contributed by atoms with van der Waals surface area (Å²) in [4.78, 5) is 27.9. The Labute approximate surface area is 188 Å². The molecule has 0 aliphatic carbocycles. The molecule has 1 atom stereocenters. The van der Waals surface area contributed by atoms with Gasteiger partial charge in [0.2, 0.25) is 11.8 Å². The maximum absolute atomic E-state index is 12.3. The van der Waals surface area contributed by atoms with E-state index < -0.39 is 0 Å². The smallest absolute Gasteiger partial charge is 0.220 e. The first kappa shape index (κ1) is 23.3. The molecule has 0 bridgehead atoms. The monoisotopic (exact) mass is 455 g/mol. The molecule has 0 aromatic heterocycles. The van der Waals surface area contributed by atoms with E-state index in [1.807, 2.05) is 23.1 Å². The summed E-state index contributed by atoms with van der Waals surface area (Å²) in [5.74, 6) is 0.750. The molecule has 0 spiro atoms. The summed E-state index contributed by atoms with van der Waals surface area (Å²) in [7, 11) is 0. The second kappa shape index (κ2) is 11.3. The van der Waals surface area contributed by atoms with Crippen molar-refractivity contribution in [2.24, 2.45) is 5.92 Å². The lowest BCUT2D eigenvalue weighted by molar-refractivity contribution is -0.130. The molecule has 2 saturated heterocycles. The predicted octanol–water partition coefficient (Wildman–Crippen LogP) is 3.35. The molecule has 6 nitrogen and oxygen atoms in total. The number of piperidine rings is 1. The summed E-state index contributed by atoms with van der Waals surface area (Å²) >= 11 is 12.1. The number of nitrogens with one attached hydrogen (secondary N) is 1. The van der Waals surface area contributed by atoms with Crippen LogP contribution in [0.15, 0.2) is 18.2 Å². The van der Waals surface area contributed by atoms with E-state index >= 15 is 0 Å². The topological polar surface area (TPSA) is 61.9 Å². The minimum atomic E-state index is -0.00993. The summed E-state index contributed by atoms with van der Waals surface area (Å²) in [6.07, 6.45) is 3.38. The summed E-state index contributed by atoms with van der Waals surface area (Å²) in [6, 6.07) is 5.71. The van der Waals surface area contributed by atoms with Crippen molar-refractivity contribution in [1.82, 2.24) is 15.1 Å². The highest BCUT2D eigenvalue weighted by Crippen LogP contribution is 2.24. The maximum Gasteiger partial charge on any atom is 0.220 e. The Kier molecular flexibility index (Phi) is 8.81. The van der Waals surface area contributed by atoms with Crippen LogP contribution in [-0.4, -0.2) is 67.0 Å². The molecule has 0 saturated carbocycles. The SMILES string of the molecule is CC(=O)N1CCC(CCC(=O)NC[C@H]2CN(Cc3ccc(Cl)c(Cl)c3)CCO2)CC1. The molecule has 3 rings (SSSR count). The number of hydrogen-bond acceptors (Lipinski definition) is 4. The standard InChI is InChI=1S/C22H31Cl2N3O3/c1-16(28)27-8-6-17(7-9-27)3-5-22(29)25-13-19-15-26(10-11-30-19)14-18-2-4-20(23)21(24)12-18/h2,4,12,17,19H,3,5-11,13-15H2,1H3,(H,25,29)/t19-/m0/s1. The Hall–Kier alpha value is -1.34. The van der Waals surface area contributed by atoms with Gasteiger partial charge >= 0.3 is 0 Å². The average Bonchev–Trinajstić information content (AvgIpc) is 2.74. The highest BCUT2D eigenvalue weighted by atomic mass is 35.5. The van der Waals surface area contributed by atoms with Crippen LogP contribution >= 0.6 is 23.2 Å². The van der Waals surface area contributed by atoms with Crippen LogP contribution in [-0.2, 0) is 20.9 Å². The van der Waals surface area contributed by atoms with E-state index in [4.69, 9.17) is 27.9 Å². The molecule has 0 radical (unpaired) electrons. The quantitative estimate of drug-likeness (QED) is 0.684. The van der Waals surface area contributed by atoms with E-state index in [1.54, 1.807) is 6.92 Å². The molecule has 166 valence electrons. The van der Waals surface area contributed by atoms with Crippen LogP contribution in [0.5, 0.6) is 0 Å². The maximum atomic E-state index is 12.3. The fourth-order valence-electron chi connectivity index (χ4n) is 4.13. The van der Waals surface area contributed by atoms with Gasteiger partial charge in [-0.3, -0.25) is 14.5 Å². The molecule has 8 heteroatoms.